The molecule has 1 aromatic heterocycles. The maximum Gasteiger partial charge on any atom is 0.191 e. The van der Waals surface area contributed by atoms with Crippen LogP contribution in [0, 0.1) is 0 Å². The van der Waals surface area contributed by atoms with Gasteiger partial charge < -0.3 is 20.1 Å². The highest BCUT2D eigenvalue weighted by Crippen LogP contribution is 2.17. The normalized spacial score (nSPS) is 11.0. The molecule has 0 spiro atoms. The standard InChI is InChI=1S/C23H26N4O2/c1-24-23(27-16-19-9-3-4-12-22(19)28-2)26-15-18-8-7-11-21(14-18)29-17-20-10-5-6-13-25-20/h3-14H,15-17H2,1-2H3,(H2,24,26,27). The molecule has 0 saturated heterocycles. The van der Waals surface area contributed by atoms with E-state index in [1.54, 1.807) is 20.4 Å². The van der Waals surface area contributed by atoms with E-state index in [9.17, 15) is 0 Å². The van der Waals surface area contributed by atoms with Crippen LogP contribution in [0.4, 0.5) is 0 Å². The molecule has 0 amide bonds. The summed E-state index contributed by atoms with van der Waals surface area (Å²) in [6, 6.07) is 21.7. The number of para-hydroxylation sites is 1. The lowest BCUT2D eigenvalue weighted by atomic mass is 10.2. The second-order valence-electron chi connectivity index (χ2n) is 6.35. The van der Waals surface area contributed by atoms with Crippen molar-refractivity contribution in [1.29, 1.82) is 0 Å². The van der Waals surface area contributed by atoms with Crippen LogP contribution in [0.1, 0.15) is 16.8 Å². The zero-order chi connectivity index (χ0) is 20.3. The Morgan fingerprint density at radius 3 is 2.59 bits per heavy atom. The molecule has 1 heterocycles. The average molecular weight is 390 g/mol. The van der Waals surface area contributed by atoms with Gasteiger partial charge in [-0.05, 0) is 35.9 Å². The zero-order valence-electron chi connectivity index (χ0n) is 16.8. The molecule has 0 atom stereocenters. The van der Waals surface area contributed by atoms with Crippen molar-refractivity contribution < 1.29 is 9.47 Å². The van der Waals surface area contributed by atoms with Gasteiger partial charge in [-0.3, -0.25) is 9.98 Å². The molecular formula is C23H26N4O2. The molecule has 0 radical (unpaired) electrons. The first-order valence-corrected chi connectivity index (χ1v) is 9.46. The maximum absolute atomic E-state index is 5.85. The van der Waals surface area contributed by atoms with E-state index in [0.717, 1.165) is 34.3 Å². The molecule has 0 aliphatic carbocycles. The molecule has 3 aromatic rings. The molecule has 0 unspecified atom stereocenters. The molecule has 0 aliphatic rings. The largest absolute Gasteiger partial charge is 0.496 e. The number of benzene rings is 2. The van der Waals surface area contributed by atoms with Gasteiger partial charge in [0.15, 0.2) is 5.96 Å². The van der Waals surface area contributed by atoms with Gasteiger partial charge in [-0.2, -0.15) is 0 Å². The van der Waals surface area contributed by atoms with E-state index in [1.165, 1.54) is 0 Å². The predicted octanol–water partition coefficient (Wildman–Crippen LogP) is 3.53. The Balaban J connectivity index is 1.51. The second kappa shape index (κ2) is 10.7. The molecule has 150 valence electrons. The minimum Gasteiger partial charge on any atom is -0.496 e. The van der Waals surface area contributed by atoms with Gasteiger partial charge >= 0.3 is 0 Å². The fourth-order valence-corrected chi connectivity index (χ4v) is 2.82. The number of hydrogen-bond acceptors (Lipinski definition) is 4. The topological polar surface area (TPSA) is 67.8 Å². The van der Waals surface area contributed by atoms with Crippen molar-refractivity contribution >= 4 is 5.96 Å². The molecule has 6 heteroatoms. The van der Waals surface area contributed by atoms with Crippen molar-refractivity contribution in [2.75, 3.05) is 14.2 Å². The van der Waals surface area contributed by atoms with Crippen molar-refractivity contribution in [2.24, 2.45) is 4.99 Å². The van der Waals surface area contributed by atoms with Crippen LogP contribution in [0.15, 0.2) is 77.9 Å². The van der Waals surface area contributed by atoms with Crippen LogP contribution >= 0.6 is 0 Å². The fourth-order valence-electron chi connectivity index (χ4n) is 2.82. The van der Waals surface area contributed by atoms with Gasteiger partial charge in [-0.1, -0.05) is 36.4 Å². The van der Waals surface area contributed by atoms with Gasteiger partial charge in [0.2, 0.25) is 0 Å². The average Bonchev–Trinajstić information content (AvgIpc) is 2.79. The highest BCUT2D eigenvalue weighted by Gasteiger charge is 2.04. The number of pyridine rings is 1. The monoisotopic (exact) mass is 390 g/mol. The van der Waals surface area contributed by atoms with E-state index < -0.39 is 0 Å². The van der Waals surface area contributed by atoms with Gasteiger partial charge in [-0.25, -0.2) is 0 Å². The number of rotatable bonds is 8. The summed E-state index contributed by atoms with van der Waals surface area (Å²) in [6.45, 7) is 1.70. The van der Waals surface area contributed by atoms with Crippen LogP contribution in [-0.2, 0) is 19.7 Å². The van der Waals surface area contributed by atoms with Gasteiger partial charge in [0.25, 0.3) is 0 Å². The first-order chi connectivity index (χ1) is 14.3. The Hall–Kier alpha value is -3.54. The molecule has 0 saturated carbocycles. The highest BCUT2D eigenvalue weighted by atomic mass is 16.5. The van der Waals surface area contributed by atoms with Crippen LogP contribution in [0.5, 0.6) is 11.5 Å². The third-order valence-corrected chi connectivity index (χ3v) is 4.33. The highest BCUT2D eigenvalue weighted by molar-refractivity contribution is 5.79. The minimum atomic E-state index is 0.444. The molecule has 6 nitrogen and oxygen atoms in total. The van der Waals surface area contributed by atoms with Crippen LogP contribution in [0.25, 0.3) is 0 Å². The lowest BCUT2D eigenvalue weighted by molar-refractivity contribution is 0.301. The van der Waals surface area contributed by atoms with Crippen molar-refractivity contribution in [3.8, 4) is 11.5 Å². The van der Waals surface area contributed by atoms with Crippen LogP contribution < -0.4 is 20.1 Å². The summed E-state index contributed by atoms with van der Waals surface area (Å²) in [7, 11) is 3.43. The van der Waals surface area contributed by atoms with Gasteiger partial charge in [-0.15, -0.1) is 0 Å². The molecule has 2 aromatic carbocycles. The number of methoxy groups -OCH3 is 1. The molecular weight excluding hydrogens is 364 g/mol. The third kappa shape index (κ3) is 6.24. The van der Waals surface area contributed by atoms with E-state index in [0.29, 0.717) is 19.7 Å². The third-order valence-electron chi connectivity index (χ3n) is 4.33. The smallest absolute Gasteiger partial charge is 0.191 e. The van der Waals surface area contributed by atoms with Crippen molar-refractivity contribution in [3.63, 3.8) is 0 Å². The molecule has 0 fully saturated rings. The number of aromatic nitrogens is 1. The van der Waals surface area contributed by atoms with Gasteiger partial charge in [0.05, 0.1) is 12.8 Å². The number of guanidine groups is 1. The number of aliphatic imine (C=N–C) groups is 1. The van der Waals surface area contributed by atoms with E-state index in [-0.39, 0.29) is 0 Å². The van der Waals surface area contributed by atoms with Crippen LogP contribution in [0.3, 0.4) is 0 Å². The minimum absolute atomic E-state index is 0.444. The summed E-state index contributed by atoms with van der Waals surface area (Å²) in [4.78, 5) is 8.56. The number of nitrogens with one attached hydrogen (secondary N) is 2. The Labute approximate surface area is 171 Å². The summed E-state index contributed by atoms with van der Waals surface area (Å²) in [5.41, 5.74) is 3.07. The molecule has 2 N–H and O–H groups in total. The molecule has 29 heavy (non-hydrogen) atoms. The first-order valence-electron chi connectivity index (χ1n) is 9.46. The Morgan fingerprint density at radius 1 is 0.966 bits per heavy atom. The molecule has 0 aliphatic heterocycles. The van der Waals surface area contributed by atoms with Gasteiger partial charge in [0, 0.05) is 31.9 Å². The quantitative estimate of drug-likeness (QED) is 0.455. The number of hydrogen-bond donors (Lipinski definition) is 2. The Morgan fingerprint density at radius 2 is 1.79 bits per heavy atom. The zero-order valence-corrected chi connectivity index (χ0v) is 16.8. The molecule has 3 rings (SSSR count). The van der Waals surface area contributed by atoms with E-state index in [1.807, 2.05) is 66.7 Å². The van der Waals surface area contributed by atoms with Crippen molar-refractivity contribution in [1.82, 2.24) is 15.6 Å². The lowest BCUT2D eigenvalue weighted by Crippen LogP contribution is -2.36. The number of ether oxygens (including phenoxy) is 2. The van der Waals surface area contributed by atoms with E-state index in [4.69, 9.17) is 9.47 Å². The van der Waals surface area contributed by atoms with E-state index >= 15 is 0 Å². The molecule has 0 bridgehead atoms. The summed E-state index contributed by atoms with van der Waals surface area (Å²) in [5.74, 6) is 2.39. The fraction of sp³-hybridized carbons (Fsp3) is 0.217. The van der Waals surface area contributed by atoms with Crippen molar-refractivity contribution in [2.45, 2.75) is 19.7 Å². The second-order valence-corrected chi connectivity index (χ2v) is 6.35. The van der Waals surface area contributed by atoms with Crippen LogP contribution in [-0.4, -0.2) is 25.1 Å². The maximum atomic E-state index is 5.85. The van der Waals surface area contributed by atoms with Crippen LogP contribution in [0.2, 0.25) is 0 Å². The SMILES string of the molecule is CN=C(NCc1cccc(OCc2ccccn2)c1)NCc1ccccc1OC. The Kier molecular flexibility index (Phi) is 7.46. The van der Waals surface area contributed by atoms with Gasteiger partial charge in [0.1, 0.15) is 18.1 Å². The predicted molar refractivity (Wildman–Crippen MR) is 115 cm³/mol. The van der Waals surface area contributed by atoms with E-state index in [2.05, 4.69) is 20.6 Å². The first kappa shape index (κ1) is 20.2. The van der Waals surface area contributed by atoms with Crippen molar-refractivity contribution in [3.05, 3.63) is 89.7 Å². The lowest BCUT2D eigenvalue weighted by Gasteiger charge is -2.14. The summed E-state index contributed by atoms with van der Waals surface area (Å²) >= 11 is 0. The summed E-state index contributed by atoms with van der Waals surface area (Å²) < 4.78 is 11.2. The summed E-state index contributed by atoms with van der Waals surface area (Å²) in [5, 5.41) is 6.64. The Bertz CT molecular complexity index is 929. The summed E-state index contributed by atoms with van der Waals surface area (Å²) in [6.07, 6.45) is 1.77. The number of nitrogens with zero attached hydrogens (tertiary/aromatic N) is 2.